The molecule has 0 saturated carbocycles. The van der Waals surface area contributed by atoms with Crippen LogP contribution in [0.3, 0.4) is 0 Å². The van der Waals surface area contributed by atoms with Gasteiger partial charge in [0.15, 0.2) is 0 Å². The summed E-state index contributed by atoms with van der Waals surface area (Å²) in [4.78, 5) is 2.39. The summed E-state index contributed by atoms with van der Waals surface area (Å²) >= 11 is 0. The predicted octanol–water partition coefficient (Wildman–Crippen LogP) is 3.93. The van der Waals surface area contributed by atoms with Crippen molar-refractivity contribution in [3.63, 3.8) is 0 Å². The zero-order valence-electron chi connectivity index (χ0n) is 14.0. The molecule has 3 rings (SSSR count). The summed E-state index contributed by atoms with van der Waals surface area (Å²) in [6.45, 7) is 6.03. The smallest absolute Gasteiger partial charge is 0.143 e. The minimum absolute atomic E-state index is 0.0558. The molecule has 0 aromatic heterocycles. The Morgan fingerprint density at radius 1 is 1.17 bits per heavy atom. The monoisotopic (exact) mass is 310 g/mol. The lowest BCUT2D eigenvalue weighted by molar-refractivity contribution is 0.196. The first-order chi connectivity index (χ1) is 11.2. The molecular formula is C20H26N2O. The van der Waals surface area contributed by atoms with E-state index in [2.05, 4.69) is 61.2 Å². The van der Waals surface area contributed by atoms with Crippen molar-refractivity contribution in [2.75, 3.05) is 18.0 Å². The lowest BCUT2D eigenvalue weighted by Gasteiger charge is -2.38. The predicted molar refractivity (Wildman–Crippen MR) is 96.1 cm³/mol. The second-order valence-electron chi connectivity index (χ2n) is 6.25. The van der Waals surface area contributed by atoms with E-state index in [9.17, 15) is 0 Å². The number of anilines is 1. The molecule has 0 amide bonds. The fourth-order valence-electron chi connectivity index (χ4n) is 3.04. The summed E-state index contributed by atoms with van der Waals surface area (Å²) in [6, 6.07) is 17.1. The highest BCUT2D eigenvalue weighted by Gasteiger charge is 2.27. The summed E-state index contributed by atoms with van der Waals surface area (Å²) in [5.74, 6) is 0.964. The molecule has 23 heavy (non-hydrogen) atoms. The first-order valence-electron chi connectivity index (χ1n) is 8.56. The molecule has 0 radical (unpaired) electrons. The number of rotatable bonds is 5. The van der Waals surface area contributed by atoms with Gasteiger partial charge < -0.3 is 15.4 Å². The zero-order valence-corrected chi connectivity index (χ0v) is 14.0. The van der Waals surface area contributed by atoms with Crippen molar-refractivity contribution >= 4 is 5.69 Å². The second-order valence-corrected chi connectivity index (χ2v) is 6.25. The van der Waals surface area contributed by atoms with Crippen LogP contribution in [0.15, 0.2) is 48.5 Å². The lowest BCUT2D eigenvalue weighted by Crippen LogP contribution is -2.42. The SMILES string of the molecule is CCc1ccc2c(c1)N(CC(N)CC)CC(c1ccccc1)O2. The summed E-state index contributed by atoms with van der Waals surface area (Å²) in [5.41, 5.74) is 9.96. The molecule has 2 N–H and O–H groups in total. The number of ether oxygens (including phenoxy) is 1. The highest BCUT2D eigenvalue weighted by molar-refractivity contribution is 5.62. The van der Waals surface area contributed by atoms with Crippen LogP contribution in [0.1, 0.15) is 37.5 Å². The van der Waals surface area contributed by atoms with Crippen LogP contribution in [-0.4, -0.2) is 19.1 Å². The molecule has 2 atom stereocenters. The first kappa shape index (κ1) is 15.9. The van der Waals surface area contributed by atoms with Crippen LogP contribution in [-0.2, 0) is 6.42 Å². The van der Waals surface area contributed by atoms with Crippen molar-refractivity contribution in [2.24, 2.45) is 5.73 Å². The van der Waals surface area contributed by atoms with Gasteiger partial charge in [0.1, 0.15) is 11.9 Å². The minimum atomic E-state index is 0.0558. The maximum Gasteiger partial charge on any atom is 0.143 e. The van der Waals surface area contributed by atoms with E-state index in [1.165, 1.54) is 16.8 Å². The normalized spacial score (nSPS) is 18.2. The van der Waals surface area contributed by atoms with E-state index in [-0.39, 0.29) is 12.1 Å². The lowest BCUT2D eigenvalue weighted by atomic mass is 10.0. The molecule has 2 aromatic rings. The molecule has 3 heteroatoms. The number of nitrogens with two attached hydrogens (primary N) is 1. The van der Waals surface area contributed by atoms with Gasteiger partial charge in [0, 0.05) is 12.6 Å². The fourth-order valence-corrected chi connectivity index (χ4v) is 3.04. The van der Waals surface area contributed by atoms with Crippen LogP contribution < -0.4 is 15.4 Å². The molecule has 0 saturated heterocycles. The van der Waals surface area contributed by atoms with Crippen molar-refractivity contribution in [2.45, 2.75) is 38.8 Å². The number of hydrogen-bond acceptors (Lipinski definition) is 3. The van der Waals surface area contributed by atoms with Gasteiger partial charge in [-0.25, -0.2) is 0 Å². The van der Waals surface area contributed by atoms with Crippen LogP contribution in [0, 0.1) is 0 Å². The average Bonchev–Trinajstić information content (AvgIpc) is 2.61. The summed E-state index contributed by atoms with van der Waals surface area (Å²) in [6.07, 6.45) is 2.07. The highest BCUT2D eigenvalue weighted by atomic mass is 16.5. The van der Waals surface area contributed by atoms with Crippen molar-refractivity contribution in [1.82, 2.24) is 0 Å². The maximum absolute atomic E-state index is 6.28. The van der Waals surface area contributed by atoms with Crippen molar-refractivity contribution < 1.29 is 4.74 Å². The number of hydrogen-bond donors (Lipinski definition) is 1. The molecule has 3 nitrogen and oxygen atoms in total. The van der Waals surface area contributed by atoms with Gasteiger partial charge in [-0.2, -0.15) is 0 Å². The Morgan fingerprint density at radius 3 is 2.65 bits per heavy atom. The molecule has 0 spiro atoms. The zero-order chi connectivity index (χ0) is 16.2. The van der Waals surface area contributed by atoms with E-state index in [1.807, 2.05) is 6.07 Å². The average molecular weight is 310 g/mol. The Hall–Kier alpha value is -2.00. The molecule has 0 fully saturated rings. The van der Waals surface area contributed by atoms with Crippen molar-refractivity contribution in [3.05, 3.63) is 59.7 Å². The molecular weight excluding hydrogens is 284 g/mol. The Morgan fingerprint density at radius 2 is 1.96 bits per heavy atom. The van der Waals surface area contributed by atoms with Crippen molar-refractivity contribution in [1.29, 1.82) is 0 Å². The summed E-state index contributed by atoms with van der Waals surface area (Å²) in [7, 11) is 0. The third-order valence-electron chi connectivity index (χ3n) is 4.58. The van der Waals surface area contributed by atoms with E-state index < -0.39 is 0 Å². The molecule has 0 aliphatic carbocycles. The third-order valence-corrected chi connectivity index (χ3v) is 4.58. The van der Waals surface area contributed by atoms with E-state index in [0.717, 1.165) is 31.7 Å². The standard InChI is InChI=1S/C20H26N2O/c1-3-15-10-11-19-18(12-15)22(13-17(21)4-2)14-20(23-19)16-8-6-5-7-9-16/h5-12,17,20H,3-4,13-14,21H2,1-2H3. The Balaban J connectivity index is 1.93. The van der Waals surface area contributed by atoms with E-state index in [0.29, 0.717) is 0 Å². The minimum Gasteiger partial charge on any atom is -0.482 e. The largest absolute Gasteiger partial charge is 0.482 e. The van der Waals surface area contributed by atoms with Crippen LogP contribution in [0.4, 0.5) is 5.69 Å². The third kappa shape index (κ3) is 3.50. The molecule has 1 aliphatic heterocycles. The van der Waals surface area contributed by atoms with E-state index in [1.54, 1.807) is 0 Å². The quantitative estimate of drug-likeness (QED) is 0.909. The van der Waals surface area contributed by atoms with Gasteiger partial charge in [0.25, 0.3) is 0 Å². The van der Waals surface area contributed by atoms with Crippen molar-refractivity contribution in [3.8, 4) is 5.75 Å². The Labute approximate surface area is 139 Å². The number of nitrogens with zero attached hydrogens (tertiary/aromatic N) is 1. The van der Waals surface area contributed by atoms with Crippen LogP contribution in [0.5, 0.6) is 5.75 Å². The molecule has 1 heterocycles. The van der Waals surface area contributed by atoms with Gasteiger partial charge in [-0.05, 0) is 36.1 Å². The topological polar surface area (TPSA) is 38.5 Å². The Kier molecular flexibility index (Phi) is 4.87. The van der Waals surface area contributed by atoms with Crippen LogP contribution in [0.2, 0.25) is 0 Å². The summed E-state index contributed by atoms with van der Waals surface area (Å²) < 4.78 is 6.28. The number of fused-ring (bicyclic) bond motifs is 1. The fraction of sp³-hybridized carbons (Fsp3) is 0.400. The molecule has 1 aliphatic rings. The van der Waals surface area contributed by atoms with E-state index >= 15 is 0 Å². The maximum atomic E-state index is 6.28. The molecule has 2 unspecified atom stereocenters. The van der Waals surface area contributed by atoms with Crippen LogP contribution >= 0.6 is 0 Å². The highest BCUT2D eigenvalue weighted by Crippen LogP contribution is 2.38. The van der Waals surface area contributed by atoms with Crippen LogP contribution in [0.25, 0.3) is 0 Å². The van der Waals surface area contributed by atoms with Gasteiger partial charge in [-0.1, -0.05) is 50.2 Å². The number of benzene rings is 2. The molecule has 0 bridgehead atoms. The van der Waals surface area contributed by atoms with Gasteiger partial charge in [-0.3, -0.25) is 0 Å². The molecule has 122 valence electrons. The van der Waals surface area contributed by atoms with Gasteiger partial charge in [-0.15, -0.1) is 0 Å². The van der Waals surface area contributed by atoms with Gasteiger partial charge in [0.2, 0.25) is 0 Å². The van der Waals surface area contributed by atoms with Gasteiger partial charge >= 0.3 is 0 Å². The second kappa shape index (κ2) is 7.05. The van der Waals surface area contributed by atoms with E-state index in [4.69, 9.17) is 10.5 Å². The van der Waals surface area contributed by atoms with Gasteiger partial charge in [0.05, 0.1) is 12.2 Å². The summed E-state index contributed by atoms with van der Waals surface area (Å²) in [5, 5.41) is 0. The first-order valence-corrected chi connectivity index (χ1v) is 8.56. The Bertz CT molecular complexity index is 641. The molecule has 2 aromatic carbocycles. The number of aryl methyl sites for hydroxylation is 1.